The molecule has 124 valence electrons. The van der Waals surface area contributed by atoms with Gasteiger partial charge in [-0.15, -0.1) is 10.2 Å². The first-order valence-electron chi connectivity index (χ1n) is 8.54. The number of carbonyl (C=O) groups excluding carboxylic acids is 1. The number of nitrogens with one attached hydrogen (secondary N) is 1. The number of likely N-dealkylation sites (tertiary alicyclic amines) is 1. The molecule has 1 aliphatic heterocycles. The van der Waals surface area contributed by atoms with Crippen molar-refractivity contribution >= 4 is 5.91 Å². The van der Waals surface area contributed by atoms with Gasteiger partial charge in [-0.2, -0.15) is 0 Å². The predicted molar refractivity (Wildman–Crippen MR) is 86.6 cm³/mol. The molecule has 1 amide bonds. The zero-order valence-corrected chi connectivity index (χ0v) is 13.9. The van der Waals surface area contributed by atoms with Crippen LogP contribution in [0, 0.1) is 0 Å². The summed E-state index contributed by atoms with van der Waals surface area (Å²) in [6.07, 6.45) is 8.84. The Morgan fingerprint density at radius 2 is 1.91 bits per heavy atom. The van der Waals surface area contributed by atoms with Gasteiger partial charge in [0.1, 0.15) is 12.2 Å². The smallest absolute Gasteiger partial charge is 0.234 e. The van der Waals surface area contributed by atoms with Crippen LogP contribution in [-0.4, -0.2) is 51.8 Å². The SMILES string of the molecule is CC(C)n1cnnc1CCNC(=O)CN1CCCCCCC1. The second-order valence-corrected chi connectivity index (χ2v) is 6.39. The Labute approximate surface area is 133 Å². The van der Waals surface area contributed by atoms with Crippen LogP contribution in [0.3, 0.4) is 0 Å². The predicted octanol–water partition coefficient (Wildman–Crippen LogP) is 1.78. The van der Waals surface area contributed by atoms with Crippen LogP contribution < -0.4 is 5.32 Å². The van der Waals surface area contributed by atoms with Crippen molar-refractivity contribution in [2.45, 2.75) is 58.4 Å². The number of nitrogens with zero attached hydrogens (tertiary/aromatic N) is 4. The minimum atomic E-state index is 0.121. The van der Waals surface area contributed by atoms with Crippen molar-refractivity contribution in [3.05, 3.63) is 12.2 Å². The van der Waals surface area contributed by atoms with Crippen molar-refractivity contribution in [3.63, 3.8) is 0 Å². The molecule has 0 unspecified atom stereocenters. The lowest BCUT2D eigenvalue weighted by Gasteiger charge is -2.23. The molecular formula is C16H29N5O. The highest BCUT2D eigenvalue weighted by atomic mass is 16.2. The van der Waals surface area contributed by atoms with E-state index in [0.717, 1.165) is 25.3 Å². The molecule has 22 heavy (non-hydrogen) atoms. The van der Waals surface area contributed by atoms with Gasteiger partial charge in [-0.1, -0.05) is 19.3 Å². The largest absolute Gasteiger partial charge is 0.355 e. The Bertz CT molecular complexity index is 449. The summed E-state index contributed by atoms with van der Waals surface area (Å²) in [6, 6.07) is 0.349. The monoisotopic (exact) mass is 307 g/mol. The van der Waals surface area contributed by atoms with E-state index >= 15 is 0 Å². The van der Waals surface area contributed by atoms with Crippen LogP contribution in [0.2, 0.25) is 0 Å². The van der Waals surface area contributed by atoms with Crippen molar-refractivity contribution in [2.24, 2.45) is 0 Å². The van der Waals surface area contributed by atoms with Gasteiger partial charge in [0.2, 0.25) is 5.91 Å². The zero-order valence-electron chi connectivity index (χ0n) is 13.9. The van der Waals surface area contributed by atoms with E-state index in [2.05, 4.69) is 34.3 Å². The van der Waals surface area contributed by atoms with Gasteiger partial charge in [-0.25, -0.2) is 0 Å². The van der Waals surface area contributed by atoms with Gasteiger partial charge < -0.3 is 9.88 Å². The second-order valence-electron chi connectivity index (χ2n) is 6.39. The van der Waals surface area contributed by atoms with E-state index in [1.165, 1.54) is 32.1 Å². The lowest BCUT2D eigenvalue weighted by atomic mass is 10.1. The van der Waals surface area contributed by atoms with Crippen molar-refractivity contribution in [3.8, 4) is 0 Å². The second kappa shape index (κ2) is 8.88. The Morgan fingerprint density at radius 1 is 1.23 bits per heavy atom. The fraction of sp³-hybridized carbons (Fsp3) is 0.812. The fourth-order valence-corrected chi connectivity index (χ4v) is 2.92. The number of rotatable bonds is 6. The number of amides is 1. The third-order valence-corrected chi connectivity index (χ3v) is 4.19. The maximum atomic E-state index is 12.1. The third kappa shape index (κ3) is 5.40. The van der Waals surface area contributed by atoms with Crippen LogP contribution in [0.25, 0.3) is 0 Å². The van der Waals surface area contributed by atoms with E-state index in [1.807, 2.05) is 4.57 Å². The number of hydrogen-bond acceptors (Lipinski definition) is 4. The molecule has 1 aromatic heterocycles. The first-order valence-corrected chi connectivity index (χ1v) is 8.54. The van der Waals surface area contributed by atoms with E-state index in [1.54, 1.807) is 6.33 Å². The molecule has 0 spiro atoms. The van der Waals surface area contributed by atoms with Crippen LogP contribution in [0.4, 0.5) is 0 Å². The quantitative estimate of drug-likeness (QED) is 0.870. The molecule has 0 atom stereocenters. The maximum Gasteiger partial charge on any atom is 0.234 e. The van der Waals surface area contributed by atoms with Gasteiger partial charge in [-0.3, -0.25) is 9.69 Å². The molecule has 0 aliphatic carbocycles. The van der Waals surface area contributed by atoms with Crippen molar-refractivity contribution in [1.82, 2.24) is 25.0 Å². The van der Waals surface area contributed by atoms with Crippen molar-refractivity contribution in [2.75, 3.05) is 26.2 Å². The van der Waals surface area contributed by atoms with Crippen LogP contribution in [0.5, 0.6) is 0 Å². The molecule has 6 heteroatoms. The van der Waals surface area contributed by atoms with Crippen molar-refractivity contribution < 1.29 is 4.79 Å². The van der Waals surface area contributed by atoms with Gasteiger partial charge in [0, 0.05) is 19.0 Å². The Morgan fingerprint density at radius 3 is 2.59 bits per heavy atom. The molecule has 0 aromatic carbocycles. The van der Waals surface area contributed by atoms with E-state index in [0.29, 0.717) is 19.1 Å². The highest BCUT2D eigenvalue weighted by Gasteiger charge is 2.12. The van der Waals surface area contributed by atoms with Gasteiger partial charge in [0.15, 0.2) is 0 Å². The molecule has 0 bridgehead atoms. The van der Waals surface area contributed by atoms with E-state index in [4.69, 9.17) is 0 Å². The summed E-state index contributed by atoms with van der Waals surface area (Å²) < 4.78 is 2.05. The molecule has 0 radical (unpaired) electrons. The molecule has 1 saturated heterocycles. The average molecular weight is 307 g/mol. The maximum absolute atomic E-state index is 12.1. The summed E-state index contributed by atoms with van der Waals surface area (Å²) in [7, 11) is 0. The highest BCUT2D eigenvalue weighted by Crippen LogP contribution is 2.10. The summed E-state index contributed by atoms with van der Waals surface area (Å²) in [4.78, 5) is 14.3. The first kappa shape index (κ1) is 16.9. The standard InChI is InChI=1S/C16H29N5O/c1-14(2)21-13-18-19-15(21)8-9-17-16(22)12-20-10-6-4-3-5-7-11-20/h13-14H,3-12H2,1-2H3,(H,17,22). The molecule has 0 saturated carbocycles. The lowest BCUT2D eigenvalue weighted by molar-refractivity contribution is -0.122. The molecule has 1 fully saturated rings. The summed E-state index contributed by atoms with van der Waals surface area (Å²) in [5.41, 5.74) is 0. The molecule has 1 aliphatic rings. The molecule has 2 heterocycles. The summed E-state index contributed by atoms with van der Waals surface area (Å²) in [6.45, 7) is 7.46. The average Bonchev–Trinajstić information content (AvgIpc) is 2.90. The van der Waals surface area contributed by atoms with E-state index < -0.39 is 0 Å². The van der Waals surface area contributed by atoms with Crippen LogP contribution in [0.15, 0.2) is 6.33 Å². The minimum absolute atomic E-state index is 0.121. The Hall–Kier alpha value is -1.43. The highest BCUT2D eigenvalue weighted by molar-refractivity contribution is 5.77. The van der Waals surface area contributed by atoms with Gasteiger partial charge in [-0.05, 0) is 39.8 Å². The Balaban J connectivity index is 1.69. The van der Waals surface area contributed by atoms with Crippen LogP contribution in [0.1, 0.15) is 57.8 Å². The van der Waals surface area contributed by atoms with Gasteiger partial charge >= 0.3 is 0 Å². The fourth-order valence-electron chi connectivity index (χ4n) is 2.92. The molecule has 2 rings (SSSR count). The van der Waals surface area contributed by atoms with E-state index in [9.17, 15) is 4.79 Å². The topological polar surface area (TPSA) is 63.1 Å². The number of carbonyl (C=O) groups is 1. The van der Waals surface area contributed by atoms with Crippen LogP contribution >= 0.6 is 0 Å². The van der Waals surface area contributed by atoms with Crippen LogP contribution in [-0.2, 0) is 11.2 Å². The third-order valence-electron chi connectivity index (χ3n) is 4.19. The molecule has 1 N–H and O–H groups in total. The van der Waals surface area contributed by atoms with Gasteiger partial charge in [0.05, 0.1) is 6.54 Å². The van der Waals surface area contributed by atoms with Crippen molar-refractivity contribution in [1.29, 1.82) is 0 Å². The number of hydrogen-bond donors (Lipinski definition) is 1. The summed E-state index contributed by atoms with van der Waals surface area (Å²) in [5, 5.41) is 11.1. The molecule has 1 aromatic rings. The van der Waals surface area contributed by atoms with E-state index in [-0.39, 0.29) is 5.91 Å². The summed E-state index contributed by atoms with van der Waals surface area (Å²) in [5.74, 6) is 1.05. The lowest BCUT2D eigenvalue weighted by Crippen LogP contribution is -2.39. The number of aromatic nitrogens is 3. The zero-order chi connectivity index (χ0) is 15.8. The molecule has 6 nitrogen and oxygen atoms in total. The minimum Gasteiger partial charge on any atom is -0.355 e. The first-order chi connectivity index (χ1) is 10.7. The summed E-state index contributed by atoms with van der Waals surface area (Å²) >= 11 is 0. The molecular weight excluding hydrogens is 278 g/mol. The van der Waals surface area contributed by atoms with Gasteiger partial charge in [0.25, 0.3) is 0 Å². The normalized spacial score (nSPS) is 17.2. The Kier molecular flexibility index (Phi) is 6.83.